The fourth-order valence-corrected chi connectivity index (χ4v) is 3.76. The first-order chi connectivity index (χ1) is 13.0. The summed E-state index contributed by atoms with van der Waals surface area (Å²) in [6, 6.07) is 18.3. The highest BCUT2D eigenvalue weighted by atomic mass is 32.2. The van der Waals surface area contributed by atoms with Gasteiger partial charge in [-0.15, -0.1) is 0 Å². The smallest absolute Gasteiger partial charge is 0.257 e. The Kier molecular flexibility index (Phi) is 5.63. The number of carbonyl (C=O) groups excluding carboxylic acids is 1. The van der Waals surface area contributed by atoms with Crippen LogP contribution >= 0.6 is 0 Å². The molecule has 0 aliphatic carbocycles. The van der Waals surface area contributed by atoms with Gasteiger partial charge in [0.2, 0.25) is 10.0 Å². The zero-order valence-electron chi connectivity index (χ0n) is 14.7. The van der Waals surface area contributed by atoms with Gasteiger partial charge in [0.1, 0.15) is 0 Å². The number of benzene rings is 2. The second kappa shape index (κ2) is 8.11. The van der Waals surface area contributed by atoms with E-state index in [2.05, 4.69) is 15.0 Å². The van der Waals surface area contributed by atoms with E-state index in [0.29, 0.717) is 11.3 Å². The van der Waals surface area contributed by atoms with Crippen molar-refractivity contribution < 1.29 is 13.2 Å². The fourth-order valence-electron chi connectivity index (χ4n) is 2.53. The lowest BCUT2D eigenvalue weighted by Crippen LogP contribution is -2.26. The van der Waals surface area contributed by atoms with Crippen LogP contribution in [0.15, 0.2) is 84.0 Å². The number of nitrogens with zero attached hydrogens (tertiary/aromatic N) is 1. The van der Waals surface area contributed by atoms with Gasteiger partial charge in [0, 0.05) is 24.1 Å². The SMILES string of the molecule is C[C@@H](NS(=O)(=O)c1ccc(NC(=O)c2cccnc2)cc1)c1ccccc1. The van der Waals surface area contributed by atoms with Crippen LogP contribution in [0.1, 0.15) is 28.9 Å². The first-order valence-corrected chi connectivity index (χ1v) is 9.83. The molecule has 0 radical (unpaired) electrons. The van der Waals surface area contributed by atoms with E-state index < -0.39 is 10.0 Å². The standard InChI is InChI=1S/C20H19N3O3S/c1-15(16-6-3-2-4-7-16)23-27(25,26)19-11-9-18(10-12-19)22-20(24)17-8-5-13-21-14-17/h2-15,23H,1H3,(H,22,24)/t15-/m1/s1. The number of hydrogen-bond acceptors (Lipinski definition) is 4. The van der Waals surface area contributed by atoms with E-state index in [1.54, 1.807) is 37.4 Å². The number of rotatable bonds is 6. The monoisotopic (exact) mass is 381 g/mol. The number of anilines is 1. The summed E-state index contributed by atoms with van der Waals surface area (Å²) in [7, 11) is -3.68. The number of aromatic nitrogens is 1. The molecule has 138 valence electrons. The first-order valence-electron chi connectivity index (χ1n) is 8.34. The highest BCUT2D eigenvalue weighted by Crippen LogP contribution is 2.19. The maximum Gasteiger partial charge on any atom is 0.257 e. The largest absolute Gasteiger partial charge is 0.322 e. The number of amides is 1. The predicted octanol–water partition coefficient (Wildman–Crippen LogP) is 3.37. The maximum absolute atomic E-state index is 12.6. The van der Waals surface area contributed by atoms with E-state index >= 15 is 0 Å². The summed E-state index contributed by atoms with van der Waals surface area (Å²) in [5, 5.41) is 2.71. The molecular weight excluding hydrogens is 362 g/mol. The number of nitrogens with one attached hydrogen (secondary N) is 2. The van der Waals surface area contributed by atoms with E-state index in [1.807, 2.05) is 30.3 Å². The summed E-state index contributed by atoms with van der Waals surface area (Å²) in [6.07, 6.45) is 3.04. The molecule has 2 aromatic carbocycles. The van der Waals surface area contributed by atoms with Crippen LogP contribution in [0.3, 0.4) is 0 Å². The van der Waals surface area contributed by atoms with Crippen LogP contribution in [0.25, 0.3) is 0 Å². The predicted molar refractivity (Wildman–Crippen MR) is 104 cm³/mol. The van der Waals surface area contributed by atoms with Crippen LogP contribution in [-0.2, 0) is 10.0 Å². The van der Waals surface area contributed by atoms with Crippen molar-refractivity contribution in [2.24, 2.45) is 0 Å². The minimum absolute atomic E-state index is 0.129. The van der Waals surface area contributed by atoms with Crippen molar-refractivity contribution in [1.29, 1.82) is 0 Å². The Morgan fingerprint density at radius 2 is 1.67 bits per heavy atom. The Balaban J connectivity index is 1.69. The zero-order chi connectivity index (χ0) is 19.3. The molecule has 1 heterocycles. The van der Waals surface area contributed by atoms with Crippen LogP contribution in [0.2, 0.25) is 0 Å². The van der Waals surface area contributed by atoms with Gasteiger partial charge in [0.05, 0.1) is 10.5 Å². The van der Waals surface area contributed by atoms with Gasteiger partial charge in [0.25, 0.3) is 5.91 Å². The Morgan fingerprint density at radius 3 is 2.30 bits per heavy atom. The quantitative estimate of drug-likeness (QED) is 0.685. The van der Waals surface area contributed by atoms with Gasteiger partial charge in [-0.3, -0.25) is 9.78 Å². The molecule has 1 aromatic heterocycles. The van der Waals surface area contributed by atoms with Crippen LogP contribution in [-0.4, -0.2) is 19.3 Å². The molecule has 0 aliphatic heterocycles. The normalized spacial score (nSPS) is 12.3. The molecule has 0 bridgehead atoms. The Bertz CT molecular complexity index is 1010. The number of pyridine rings is 1. The number of hydrogen-bond donors (Lipinski definition) is 2. The summed E-state index contributed by atoms with van der Waals surface area (Å²) in [4.78, 5) is 16.1. The molecule has 2 N–H and O–H groups in total. The molecular formula is C20H19N3O3S. The molecule has 7 heteroatoms. The van der Waals surface area contributed by atoms with Crippen molar-refractivity contribution in [3.63, 3.8) is 0 Å². The second-order valence-electron chi connectivity index (χ2n) is 5.97. The third-order valence-corrected chi connectivity index (χ3v) is 5.53. The van der Waals surface area contributed by atoms with Gasteiger partial charge in [-0.2, -0.15) is 0 Å². The molecule has 0 spiro atoms. The maximum atomic E-state index is 12.6. The molecule has 0 unspecified atom stereocenters. The van der Waals surface area contributed by atoms with Crippen molar-refractivity contribution in [2.75, 3.05) is 5.32 Å². The summed E-state index contributed by atoms with van der Waals surface area (Å²) < 4.78 is 27.8. The molecule has 27 heavy (non-hydrogen) atoms. The lowest BCUT2D eigenvalue weighted by molar-refractivity contribution is 0.102. The van der Waals surface area contributed by atoms with Crippen molar-refractivity contribution >= 4 is 21.6 Å². The lowest BCUT2D eigenvalue weighted by atomic mass is 10.1. The highest BCUT2D eigenvalue weighted by molar-refractivity contribution is 7.89. The van der Waals surface area contributed by atoms with Crippen molar-refractivity contribution in [3.05, 3.63) is 90.3 Å². The molecule has 3 aromatic rings. The van der Waals surface area contributed by atoms with Gasteiger partial charge in [0.15, 0.2) is 0 Å². The highest BCUT2D eigenvalue weighted by Gasteiger charge is 2.18. The van der Waals surface area contributed by atoms with Crippen LogP contribution < -0.4 is 10.0 Å². The average Bonchev–Trinajstić information content (AvgIpc) is 2.69. The fraction of sp³-hybridized carbons (Fsp3) is 0.100. The summed E-state index contributed by atoms with van der Waals surface area (Å²) in [5.41, 5.74) is 1.80. The third-order valence-electron chi connectivity index (χ3n) is 3.98. The van der Waals surface area contributed by atoms with E-state index in [0.717, 1.165) is 5.56 Å². The molecule has 6 nitrogen and oxygen atoms in total. The number of carbonyl (C=O) groups is 1. The Hall–Kier alpha value is -3.03. The molecule has 3 rings (SSSR count). The van der Waals surface area contributed by atoms with Crippen molar-refractivity contribution in [3.8, 4) is 0 Å². The molecule has 1 amide bonds. The van der Waals surface area contributed by atoms with Gasteiger partial charge >= 0.3 is 0 Å². The van der Waals surface area contributed by atoms with Crippen molar-refractivity contribution in [2.45, 2.75) is 17.9 Å². The first kappa shape index (κ1) is 18.8. The zero-order valence-corrected chi connectivity index (χ0v) is 15.5. The Morgan fingerprint density at radius 1 is 0.963 bits per heavy atom. The lowest BCUT2D eigenvalue weighted by Gasteiger charge is -2.15. The van der Waals surface area contributed by atoms with Gasteiger partial charge < -0.3 is 5.32 Å². The van der Waals surface area contributed by atoms with Crippen LogP contribution in [0.4, 0.5) is 5.69 Å². The molecule has 1 atom stereocenters. The average molecular weight is 381 g/mol. The van der Waals surface area contributed by atoms with Gasteiger partial charge in [-0.05, 0) is 48.9 Å². The van der Waals surface area contributed by atoms with Gasteiger partial charge in [-0.25, -0.2) is 13.1 Å². The summed E-state index contributed by atoms with van der Waals surface area (Å²) >= 11 is 0. The Labute approximate surface area is 158 Å². The minimum atomic E-state index is -3.68. The summed E-state index contributed by atoms with van der Waals surface area (Å²) in [5.74, 6) is -0.311. The molecule has 0 aliphatic rings. The molecule has 0 fully saturated rings. The van der Waals surface area contributed by atoms with E-state index in [1.165, 1.54) is 18.3 Å². The molecule has 0 saturated heterocycles. The van der Waals surface area contributed by atoms with E-state index in [4.69, 9.17) is 0 Å². The van der Waals surface area contributed by atoms with E-state index in [-0.39, 0.29) is 16.8 Å². The second-order valence-corrected chi connectivity index (χ2v) is 7.69. The minimum Gasteiger partial charge on any atom is -0.322 e. The van der Waals surface area contributed by atoms with Gasteiger partial charge in [-0.1, -0.05) is 30.3 Å². The topological polar surface area (TPSA) is 88.2 Å². The summed E-state index contributed by atoms with van der Waals surface area (Å²) in [6.45, 7) is 1.79. The van der Waals surface area contributed by atoms with Crippen molar-refractivity contribution in [1.82, 2.24) is 9.71 Å². The number of sulfonamides is 1. The van der Waals surface area contributed by atoms with Crippen LogP contribution in [0.5, 0.6) is 0 Å². The van der Waals surface area contributed by atoms with E-state index in [9.17, 15) is 13.2 Å². The van der Waals surface area contributed by atoms with Crippen LogP contribution in [0, 0.1) is 0 Å². The third kappa shape index (κ3) is 4.78. The molecule has 0 saturated carbocycles.